The number of rotatable bonds is 5. The lowest BCUT2D eigenvalue weighted by Gasteiger charge is -2.29. The third kappa shape index (κ3) is 3.71. The van der Waals surface area contributed by atoms with Crippen molar-refractivity contribution in [3.05, 3.63) is 46.2 Å². The van der Waals surface area contributed by atoms with Gasteiger partial charge in [-0.25, -0.2) is 4.99 Å². The molecular weight excluding hydrogens is 342 g/mol. The van der Waals surface area contributed by atoms with Crippen LogP contribution in [0.5, 0.6) is 0 Å². The van der Waals surface area contributed by atoms with Crippen molar-refractivity contribution in [3.8, 4) is 0 Å². The van der Waals surface area contributed by atoms with E-state index in [0.29, 0.717) is 16.4 Å². The molecule has 1 heterocycles. The summed E-state index contributed by atoms with van der Waals surface area (Å²) < 4.78 is 5.88. The Balaban J connectivity index is 2.66. The van der Waals surface area contributed by atoms with Gasteiger partial charge in [0.2, 0.25) is 5.72 Å². The SMILES string of the molecule is CC(=O)C(=NC1(C)OC(C)=C(C(C)=O)C1c1ccc(Cl)cc1)C(C)=O. The Kier molecular flexibility index (Phi) is 5.28. The van der Waals surface area contributed by atoms with Crippen molar-refractivity contribution in [1.82, 2.24) is 0 Å². The van der Waals surface area contributed by atoms with Gasteiger partial charge in [-0.3, -0.25) is 14.4 Å². The lowest BCUT2D eigenvalue weighted by molar-refractivity contribution is -0.115. The second-order valence-corrected chi connectivity index (χ2v) is 6.68. The Morgan fingerprint density at radius 2 is 1.60 bits per heavy atom. The maximum Gasteiger partial charge on any atom is 0.208 e. The van der Waals surface area contributed by atoms with E-state index in [9.17, 15) is 14.4 Å². The molecule has 0 saturated carbocycles. The van der Waals surface area contributed by atoms with Gasteiger partial charge in [-0.15, -0.1) is 0 Å². The minimum Gasteiger partial charge on any atom is -0.470 e. The second kappa shape index (κ2) is 6.92. The van der Waals surface area contributed by atoms with Gasteiger partial charge in [0.15, 0.2) is 17.3 Å². The van der Waals surface area contributed by atoms with Gasteiger partial charge < -0.3 is 4.74 Å². The number of benzene rings is 1. The number of nitrogens with zero attached hydrogens (tertiary/aromatic N) is 1. The number of Topliss-reactive ketones (excluding diaryl/α,β-unsaturated/α-hetero) is 3. The molecule has 0 spiro atoms. The van der Waals surface area contributed by atoms with Crippen LogP contribution in [0.2, 0.25) is 5.02 Å². The first kappa shape index (κ1) is 19.1. The fourth-order valence-electron chi connectivity index (χ4n) is 3.19. The average molecular weight is 362 g/mol. The molecule has 2 unspecified atom stereocenters. The highest BCUT2D eigenvalue weighted by molar-refractivity contribution is 6.65. The zero-order valence-electron chi connectivity index (χ0n) is 14.8. The predicted octanol–water partition coefficient (Wildman–Crippen LogP) is 3.65. The number of carbonyl (C=O) groups is 3. The molecule has 132 valence electrons. The predicted molar refractivity (Wildman–Crippen MR) is 95.9 cm³/mol. The van der Waals surface area contributed by atoms with Crippen LogP contribution in [0.25, 0.3) is 0 Å². The Hall–Kier alpha value is -2.27. The first-order chi connectivity index (χ1) is 11.6. The Bertz CT molecular complexity index is 791. The highest BCUT2D eigenvalue weighted by Crippen LogP contribution is 2.47. The van der Waals surface area contributed by atoms with Gasteiger partial charge in [-0.05, 0) is 38.5 Å². The maximum absolute atomic E-state index is 12.2. The molecular formula is C19H20ClNO4. The van der Waals surface area contributed by atoms with E-state index >= 15 is 0 Å². The normalized spacial score (nSPS) is 22.4. The molecule has 2 atom stereocenters. The van der Waals surface area contributed by atoms with Crippen molar-refractivity contribution < 1.29 is 19.1 Å². The number of ketones is 3. The topological polar surface area (TPSA) is 72.8 Å². The number of allylic oxidation sites excluding steroid dienone is 1. The van der Waals surface area contributed by atoms with Crippen molar-refractivity contribution in [2.75, 3.05) is 0 Å². The molecule has 6 heteroatoms. The molecule has 1 aromatic carbocycles. The minimum atomic E-state index is -1.27. The van der Waals surface area contributed by atoms with E-state index in [1.165, 1.54) is 20.8 Å². The number of ether oxygens (including phenoxy) is 1. The largest absolute Gasteiger partial charge is 0.470 e. The fraction of sp³-hybridized carbons (Fsp3) is 0.368. The van der Waals surface area contributed by atoms with Gasteiger partial charge in [0.25, 0.3) is 0 Å². The molecule has 0 N–H and O–H groups in total. The lowest BCUT2D eigenvalue weighted by Crippen LogP contribution is -2.35. The Morgan fingerprint density at radius 1 is 1.08 bits per heavy atom. The molecule has 0 aliphatic carbocycles. The summed E-state index contributed by atoms with van der Waals surface area (Å²) in [5.74, 6) is -1.15. The van der Waals surface area contributed by atoms with Crippen LogP contribution in [0, 0.1) is 0 Å². The van der Waals surface area contributed by atoms with Crippen molar-refractivity contribution in [2.24, 2.45) is 4.99 Å². The summed E-state index contributed by atoms with van der Waals surface area (Å²) in [6, 6.07) is 6.99. The molecule has 0 radical (unpaired) electrons. The highest BCUT2D eigenvalue weighted by Gasteiger charge is 2.48. The van der Waals surface area contributed by atoms with Gasteiger partial charge in [0.05, 0.1) is 5.92 Å². The van der Waals surface area contributed by atoms with Crippen LogP contribution < -0.4 is 0 Å². The van der Waals surface area contributed by atoms with Crippen molar-refractivity contribution in [2.45, 2.75) is 46.3 Å². The molecule has 5 nitrogen and oxygen atoms in total. The number of carbonyl (C=O) groups excluding carboxylic acids is 3. The molecule has 0 bridgehead atoms. The Labute approximate surface area is 151 Å². The molecule has 25 heavy (non-hydrogen) atoms. The monoisotopic (exact) mass is 361 g/mol. The number of halogens is 1. The van der Waals surface area contributed by atoms with Crippen LogP contribution in [0.3, 0.4) is 0 Å². The van der Waals surface area contributed by atoms with Gasteiger partial charge in [-0.1, -0.05) is 23.7 Å². The first-order valence-corrected chi connectivity index (χ1v) is 8.22. The zero-order chi connectivity index (χ0) is 18.9. The molecule has 0 fully saturated rings. The Morgan fingerprint density at radius 3 is 2.04 bits per heavy atom. The molecule has 0 saturated heterocycles. The molecule has 0 aromatic heterocycles. The average Bonchev–Trinajstić information content (AvgIpc) is 2.76. The highest BCUT2D eigenvalue weighted by atomic mass is 35.5. The minimum absolute atomic E-state index is 0.149. The van der Waals surface area contributed by atoms with Crippen molar-refractivity contribution in [1.29, 1.82) is 0 Å². The summed E-state index contributed by atoms with van der Waals surface area (Å²) in [7, 11) is 0. The number of aliphatic imine (C=N–C) groups is 1. The van der Waals surface area contributed by atoms with Gasteiger partial charge in [-0.2, -0.15) is 0 Å². The summed E-state index contributed by atoms with van der Waals surface area (Å²) in [4.78, 5) is 40.1. The van der Waals surface area contributed by atoms with E-state index in [1.54, 1.807) is 38.1 Å². The van der Waals surface area contributed by atoms with Crippen molar-refractivity contribution in [3.63, 3.8) is 0 Å². The fourth-order valence-corrected chi connectivity index (χ4v) is 3.32. The summed E-state index contributed by atoms with van der Waals surface area (Å²) in [5.41, 5.74) is -0.214. The third-order valence-electron chi connectivity index (χ3n) is 4.15. The van der Waals surface area contributed by atoms with Crippen LogP contribution in [0.4, 0.5) is 0 Å². The standard InChI is InChI=1S/C19H20ClNO4/c1-10(22)16-13(4)25-19(5,21-18(11(2)23)12(3)24)17(16)14-6-8-15(20)9-7-14/h6-9,17H,1-5H3. The van der Waals surface area contributed by atoms with Crippen LogP contribution >= 0.6 is 11.6 Å². The van der Waals surface area contributed by atoms with Crippen LogP contribution in [-0.2, 0) is 19.1 Å². The maximum atomic E-state index is 12.2. The molecule has 0 amide bonds. The van der Waals surface area contributed by atoms with E-state index in [-0.39, 0.29) is 11.5 Å². The van der Waals surface area contributed by atoms with E-state index in [2.05, 4.69) is 4.99 Å². The van der Waals surface area contributed by atoms with Gasteiger partial charge in [0, 0.05) is 24.4 Å². The van der Waals surface area contributed by atoms with E-state index < -0.39 is 23.2 Å². The zero-order valence-corrected chi connectivity index (χ0v) is 15.6. The van der Waals surface area contributed by atoms with Gasteiger partial charge >= 0.3 is 0 Å². The van der Waals surface area contributed by atoms with E-state index in [1.807, 2.05) is 0 Å². The smallest absolute Gasteiger partial charge is 0.208 e. The lowest BCUT2D eigenvalue weighted by atomic mass is 9.82. The third-order valence-corrected chi connectivity index (χ3v) is 4.40. The van der Waals surface area contributed by atoms with E-state index in [0.717, 1.165) is 5.56 Å². The first-order valence-electron chi connectivity index (χ1n) is 7.84. The van der Waals surface area contributed by atoms with Crippen LogP contribution in [0.15, 0.2) is 40.6 Å². The van der Waals surface area contributed by atoms with E-state index in [4.69, 9.17) is 16.3 Å². The van der Waals surface area contributed by atoms with Gasteiger partial charge in [0.1, 0.15) is 11.5 Å². The molecule has 1 aliphatic rings. The number of hydrogen-bond acceptors (Lipinski definition) is 5. The summed E-state index contributed by atoms with van der Waals surface area (Å²) in [6.07, 6.45) is 0. The summed E-state index contributed by atoms with van der Waals surface area (Å²) in [6.45, 7) is 7.36. The van der Waals surface area contributed by atoms with Crippen LogP contribution in [-0.4, -0.2) is 28.8 Å². The number of hydrogen-bond donors (Lipinski definition) is 0. The summed E-state index contributed by atoms with van der Waals surface area (Å²) >= 11 is 5.96. The molecule has 1 aromatic rings. The molecule has 1 aliphatic heterocycles. The quantitative estimate of drug-likeness (QED) is 0.592. The summed E-state index contributed by atoms with van der Waals surface area (Å²) in [5, 5.41) is 0.561. The van der Waals surface area contributed by atoms with Crippen molar-refractivity contribution >= 4 is 34.7 Å². The van der Waals surface area contributed by atoms with Crippen LogP contribution in [0.1, 0.15) is 46.1 Å². The second-order valence-electron chi connectivity index (χ2n) is 6.24. The molecule has 2 rings (SSSR count).